The Morgan fingerprint density at radius 2 is 2.07 bits per heavy atom. The Bertz CT molecular complexity index is 229. The molecule has 88 valence electrons. The summed E-state index contributed by atoms with van der Waals surface area (Å²) in [5.41, 5.74) is -0.592. The smallest absolute Gasteiger partial charge is 0.410 e. The predicted molar refractivity (Wildman–Crippen MR) is 53.3 cm³/mol. The lowest BCUT2D eigenvalue weighted by molar-refractivity contribution is -0.0124. The molecule has 0 aromatic rings. The number of likely N-dealkylation sites (tertiary alicyclic amines) is 1. The van der Waals surface area contributed by atoms with Gasteiger partial charge in [0.15, 0.2) is 0 Å². The summed E-state index contributed by atoms with van der Waals surface area (Å²) in [4.78, 5) is 12.7. The van der Waals surface area contributed by atoms with Gasteiger partial charge in [-0.2, -0.15) is 0 Å². The van der Waals surface area contributed by atoms with Gasteiger partial charge in [0, 0.05) is 6.42 Å². The van der Waals surface area contributed by atoms with E-state index in [1.807, 2.05) is 0 Å². The first-order chi connectivity index (χ1) is 6.78. The predicted octanol–water partition coefficient (Wildman–Crippen LogP) is 1.33. The van der Waals surface area contributed by atoms with Crippen LogP contribution in [0.4, 0.5) is 9.18 Å². The van der Waals surface area contributed by atoms with Crippen molar-refractivity contribution >= 4 is 6.09 Å². The normalized spacial score (nSPS) is 27.7. The van der Waals surface area contributed by atoms with Crippen LogP contribution in [0, 0.1) is 0 Å². The second-order valence-electron chi connectivity index (χ2n) is 4.87. The summed E-state index contributed by atoms with van der Waals surface area (Å²) in [6, 6.07) is 0. The summed E-state index contributed by atoms with van der Waals surface area (Å²) < 4.78 is 18.2. The van der Waals surface area contributed by atoms with Crippen LogP contribution < -0.4 is 0 Å². The molecule has 1 N–H and O–H groups in total. The number of piperidine rings is 1. The molecule has 4 nitrogen and oxygen atoms in total. The van der Waals surface area contributed by atoms with E-state index in [1.165, 1.54) is 4.90 Å². The number of hydrogen-bond acceptors (Lipinski definition) is 3. The maximum Gasteiger partial charge on any atom is 0.410 e. The largest absolute Gasteiger partial charge is 0.444 e. The quantitative estimate of drug-likeness (QED) is 0.668. The van der Waals surface area contributed by atoms with Crippen molar-refractivity contribution in [1.29, 1.82) is 0 Å². The lowest BCUT2D eigenvalue weighted by atomic mass is 10.1. The molecule has 0 spiro atoms. The number of rotatable bonds is 0. The van der Waals surface area contributed by atoms with Gasteiger partial charge in [0.25, 0.3) is 0 Å². The zero-order valence-corrected chi connectivity index (χ0v) is 9.36. The summed E-state index contributed by atoms with van der Waals surface area (Å²) in [5, 5.41) is 9.31. The highest BCUT2D eigenvalue weighted by atomic mass is 19.1. The number of ether oxygens (including phenoxy) is 1. The summed E-state index contributed by atoms with van der Waals surface area (Å²) in [6.07, 6.45) is -2.43. The number of carbonyl (C=O) groups is 1. The first-order valence-corrected chi connectivity index (χ1v) is 5.08. The van der Waals surface area contributed by atoms with Gasteiger partial charge in [-0.25, -0.2) is 9.18 Å². The second-order valence-corrected chi connectivity index (χ2v) is 4.87. The number of halogens is 1. The average Bonchev–Trinajstić information content (AvgIpc) is 1.98. The fourth-order valence-corrected chi connectivity index (χ4v) is 1.49. The van der Waals surface area contributed by atoms with E-state index in [4.69, 9.17) is 4.74 Å². The molecule has 0 aromatic carbocycles. The number of β-amino-alcohol motifs (C(OH)–C–C–N with tert-alkyl or cyclic N) is 1. The highest BCUT2D eigenvalue weighted by Gasteiger charge is 2.31. The Balaban J connectivity index is 2.52. The monoisotopic (exact) mass is 219 g/mol. The van der Waals surface area contributed by atoms with E-state index >= 15 is 0 Å². The molecule has 1 heterocycles. The maximum absolute atomic E-state index is 13.1. The van der Waals surface area contributed by atoms with Crippen molar-refractivity contribution in [3.63, 3.8) is 0 Å². The van der Waals surface area contributed by atoms with Crippen LogP contribution in [0.2, 0.25) is 0 Å². The minimum absolute atomic E-state index is 0.00593. The standard InChI is InChI=1S/C10H18FNO3/c1-10(2,3)15-9(14)12-5-7(11)4-8(13)6-12/h7-8,13H,4-6H2,1-3H3/t7-,8+/m1/s1. The Kier molecular flexibility index (Phi) is 3.54. The third-order valence-electron chi connectivity index (χ3n) is 2.03. The molecule has 1 saturated heterocycles. The fraction of sp³-hybridized carbons (Fsp3) is 0.900. The molecular weight excluding hydrogens is 201 g/mol. The van der Waals surface area contributed by atoms with Crippen LogP contribution in [0.5, 0.6) is 0 Å². The number of nitrogens with zero attached hydrogens (tertiary/aromatic N) is 1. The van der Waals surface area contributed by atoms with Gasteiger partial charge in [-0.05, 0) is 20.8 Å². The third-order valence-corrected chi connectivity index (χ3v) is 2.03. The highest BCUT2D eigenvalue weighted by molar-refractivity contribution is 5.68. The molecule has 0 saturated carbocycles. The van der Waals surface area contributed by atoms with Gasteiger partial charge in [-0.1, -0.05) is 0 Å². The van der Waals surface area contributed by atoms with Gasteiger partial charge < -0.3 is 14.7 Å². The van der Waals surface area contributed by atoms with E-state index in [9.17, 15) is 14.3 Å². The molecule has 0 aromatic heterocycles. The number of aliphatic hydroxyl groups excluding tert-OH is 1. The van der Waals surface area contributed by atoms with E-state index in [0.29, 0.717) is 0 Å². The van der Waals surface area contributed by atoms with E-state index in [2.05, 4.69) is 0 Å². The molecule has 0 unspecified atom stereocenters. The Labute approximate surface area is 89.0 Å². The summed E-state index contributed by atoms with van der Waals surface area (Å²) in [7, 11) is 0. The van der Waals surface area contributed by atoms with Crippen LogP contribution in [0.3, 0.4) is 0 Å². The minimum atomic E-state index is -1.17. The number of carbonyl (C=O) groups excluding carboxylic acids is 1. The molecule has 1 aliphatic heterocycles. The minimum Gasteiger partial charge on any atom is -0.444 e. The molecule has 1 aliphatic rings. The number of alkyl halides is 1. The van der Waals surface area contributed by atoms with Gasteiger partial charge in [-0.3, -0.25) is 0 Å². The van der Waals surface area contributed by atoms with Gasteiger partial charge in [0.2, 0.25) is 0 Å². The van der Waals surface area contributed by atoms with Crippen LogP contribution in [0.15, 0.2) is 0 Å². The van der Waals surface area contributed by atoms with Crippen LogP contribution in [-0.4, -0.2) is 47.1 Å². The molecule has 0 aliphatic carbocycles. The molecule has 5 heteroatoms. The van der Waals surface area contributed by atoms with E-state index < -0.39 is 24.0 Å². The van der Waals surface area contributed by atoms with Crippen molar-refractivity contribution in [2.45, 2.75) is 45.1 Å². The van der Waals surface area contributed by atoms with Crippen LogP contribution in [-0.2, 0) is 4.74 Å². The molecular formula is C10H18FNO3. The molecule has 1 amide bonds. The van der Waals surface area contributed by atoms with E-state index in [1.54, 1.807) is 20.8 Å². The first kappa shape index (κ1) is 12.2. The van der Waals surface area contributed by atoms with Crippen molar-refractivity contribution in [3.8, 4) is 0 Å². The second kappa shape index (κ2) is 4.35. The van der Waals surface area contributed by atoms with Crippen LogP contribution in [0.25, 0.3) is 0 Å². The van der Waals surface area contributed by atoms with Crippen LogP contribution >= 0.6 is 0 Å². The van der Waals surface area contributed by atoms with Crippen molar-refractivity contribution < 1.29 is 19.0 Å². The Hall–Kier alpha value is -0.840. The molecule has 1 rings (SSSR count). The zero-order chi connectivity index (χ0) is 11.6. The average molecular weight is 219 g/mol. The van der Waals surface area contributed by atoms with Gasteiger partial charge in [0.05, 0.1) is 19.2 Å². The molecule has 0 radical (unpaired) electrons. The van der Waals surface area contributed by atoms with Gasteiger partial charge in [-0.15, -0.1) is 0 Å². The summed E-state index contributed by atoms with van der Waals surface area (Å²) in [5.74, 6) is 0. The Morgan fingerprint density at radius 1 is 1.47 bits per heavy atom. The summed E-state index contributed by atoms with van der Waals surface area (Å²) in [6.45, 7) is 5.40. The van der Waals surface area contributed by atoms with Crippen molar-refractivity contribution in [3.05, 3.63) is 0 Å². The first-order valence-electron chi connectivity index (χ1n) is 5.08. The number of aliphatic hydroxyl groups is 1. The van der Waals surface area contributed by atoms with Crippen molar-refractivity contribution in [2.24, 2.45) is 0 Å². The highest BCUT2D eigenvalue weighted by Crippen LogP contribution is 2.17. The topological polar surface area (TPSA) is 49.8 Å². The summed E-state index contributed by atoms with van der Waals surface area (Å²) >= 11 is 0. The van der Waals surface area contributed by atoms with Crippen molar-refractivity contribution in [2.75, 3.05) is 13.1 Å². The number of amides is 1. The molecule has 0 bridgehead atoms. The van der Waals surface area contributed by atoms with Gasteiger partial charge >= 0.3 is 6.09 Å². The van der Waals surface area contributed by atoms with Crippen LogP contribution in [0.1, 0.15) is 27.2 Å². The molecule has 15 heavy (non-hydrogen) atoms. The van der Waals surface area contributed by atoms with Crippen molar-refractivity contribution in [1.82, 2.24) is 4.90 Å². The lowest BCUT2D eigenvalue weighted by Gasteiger charge is -2.33. The zero-order valence-electron chi connectivity index (χ0n) is 9.36. The maximum atomic E-state index is 13.1. The van der Waals surface area contributed by atoms with E-state index in [-0.39, 0.29) is 19.5 Å². The van der Waals surface area contributed by atoms with E-state index in [0.717, 1.165) is 0 Å². The molecule has 1 fully saturated rings. The SMILES string of the molecule is CC(C)(C)OC(=O)N1C[C@@H](O)C[C@@H](F)C1. The molecule has 2 atom stereocenters. The fourth-order valence-electron chi connectivity index (χ4n) is 1.49. The Morgan fingerprint density at radius 3 is 2.53 bits per heavy atom. The lowest BCUT2D eigenvalue weighted by Crippen LogP contribution is -2.48. The number of hydrogen-bond donors (Lipinski definition) is 1. The third kappa shape index (κ3) is 4.03. The van der Waals surface area contributed by atoms with Gasteiger partial charge in [0.1, 0.15) is 11.8 Å².